The number of nitrogens with zero attached hydrogens (tertiary/aromatic N) is 6. The number of aromatic nitrogens is 5. The molecule has 0 aromatic carbocycles. The fraction of sp³-hybridized carbons (Fsp3) is 0.722. The topological polar surface area (TPSA) is 51.8 Å². The zero-order valence-corrected chi connectivity index (χ0v) is 15.0. The molecule has 6 heteroatoms. The van der Waals surface area contributed by atoms with Crippen LogP contribution in [-0.2, 0) is 6.54 Å². The number of rotatable bonds is 5. The van der Waals surface area contributed by atoms with Crippen molar-refractivity contribution in [2.45, 2.75) is 71.0 Å². The van der Waals surface area contributed by atoms with Crippen molar-refractivity contribution in [3.05, 3.63) is 29.3 Å². The first-order chi connectivity index (χ1) is 11.6. The van der Waals surface area contributed by atoms with Gasteiger partial charge in [0.05, 0.1) is 24.0 Å². The second-order valence-corrected chi connectivity index (χ2v) is 7.62. The smallest absolute Gasteiger partial charge is 0.0858 e. The molecule has 2 fully saturated rings. The molecule has 3 heterocycles. The lowest BCUT2D eigenvalue weighted by atomic mass is 10.0. The van der Waals surface area contributed by atoms with E-state index in [0.717, 1.165) is 38.2 Å². The van der Waals surface area contributed by atoms with E-state index in [2.05, 4.69) is 62.7 Å². The average molecular weight is 328 g/mol. The first-order valence-corrected chi connectivity index (χ1v) is 9.27. The third-order valence-corrected chi connectivity index (χ3v) is 5.56. The van der Waals surface area contributed by atoms with E-state index in [9.17, 15) is 0 Å². The summed E-state index contributed by atoms with van der Waals surface area (Å²) in [6.07, 6.45) is 7.10. The molecule has 1 saturated heterocycles. The van der Waals surface area contributed by atoms with Crippen LogP contribution in [0.4, 0.5) is 0 Å². The molecule has 2 aromatic rings. The Balaban J connectivity index is 1.32. The highest BCUT2D eigenvalue weighted by molar-refractivity contribution is 5.09. The molecule has 0 N–H and O–H groups in total. The zero-order chi connectivity index (χ0) is 16.7. The molecule has 0 amide bonds. The zero-order valence-electron chi connectivity index (χ0n) is 15.0. The maximum absolute atomic E-state index is 4.60. The minimum atomic E-state index is 0.515. The van der Waals surface area contributed by atoms with Crippen LogP contribution >= 0.6 is 0 Å². The quantitative estimate of drug-likeness (QED) is 0.847. The molecule has 1 atom stereocenters. The molecule has 4 rings (SSSR count). The molecule has 1 aliphatic carbocycles. The van der Waals surface area contributed by atoms with Gasteiger partial charge in [-0.25, -0.2) is 4.68 Å². The van der Waals surface area contributed by atoms with E-state index >= 15 is 0 Å². The fourth-order valence-electron chi connectivity index (χ4n) is 3.85. The molecule has 24 heavy (non-hydrogen) atoms. The first kappa shape index (κ1) is 15.8. The first-order valence-electron chi connectivity index (χ1n) is 9.27. The maximum Gasteiger partial charge on any atom is 0.0858 e. The summed E-state index contributed by atoms with van der Waals surface area (Å²) < 4.78 is 4.27. The number of hydrogen-bond acceptors (Lipinski definition) is 4. The van der Waals surface area contributed by atoms with Crippen molar-refractivity contribution in [2.24, 2.45) is 0 Å². The molecule has 2 aliphatic rings. The van der Waals surface area contributed by atoms with Gasteiger partial charge in [-0.3, -0.25) is 9.58 Å². The molecule has 1 unspecified atom stereocenters. The summed E-state index contributed by atoms with van der Waals surface area (Å²) >= 11 is 0. The van der Waals surface area contributed by atoms with Gasteiger partial charge in [0.2, 0.25) is 0 Å². The van der Waals surface area contributed by atoms with Gasteiger partial charge in [0, 0.05) is 36.9 Å². The predicted molar refractivity (Wildman–Crippen MR) is 93.0 cm³/mol. The molecular formula is C18H28N6. The van der Waals surface area contributed by atoms with E-state index in [-0.39, 0.29) is 0 Å². The van der Waals surface area contributed by atoms with Gasteiger partial charge in [-0.1, -0.05) is 5.21 Å². The SMILES string of the molecule is Cc1cc(C)n(CC(C)N2CCC(n3cc(C4CC4)nn3)CC2)n1. The van der Waals surface area contributed by atoms with Gasteiger partial charge in [-0.15, -0.1) is 5.10 Å². The van der Waals surface area contributed by atoms with Crippen LogP contribution in [0.15, 0.2) is 12.3 Å². The molecule has 0 bridgehead atoms. The van der Waals surface area contributed by atoms with Crippen LogP contribution < -0.4 is 0 Å². The molecule has 1 saturated carbocycles. The maximum atomic E-state index is 4.60. The Bertz CT molecular complexity index is 690. The largest absolute Gasteiger partial charge is 0.299 e. The summed E-state index contributed by atoms with van der Waals surface area (Å²) in [5.41, 5.74) is 3.57. The Kier molecular flexibility index (Phi) is 4.16. The Morgan fingerprint density at radius 1 is 1.17 bits per heavy atom. The van der Waals surface area contributed by atoms with E-state index in [1.165, 1.54) is 24.2 Å². The third kappa shape index (κ3) is 3.24. The van der Waals surface area contributed by atoms with E-state index in [4.69, 9.17) is 0 Å². The van der Waals surface area contributed by atoms with Crippen LogP contribution in [0, 0.1) is 13.8 Å². The number of likely N-dealkylation sites (tertiary alicyclic amines) is 1. The Labute approximate surface area is 143 Å². The van der Waals surface area contributed by atoms with Crippen LogP contribution in [0.5, 0.6) is 0 Å². The van der Waals surface area contributed by atoms with E-state index < -0.39 is 0 Å². The molecule has 130 valence electrons. The van der Waals surface area contributed by atoms with Crippen LogP contribution in [0.3, 0.4) is 0 Å². The van der Waals surface area contributed by atoms with Gasteiger partial charge in [-0.2, -0.15) is 5.10 Å². The van der Waals surface area contributed by atoms with Crippen molar-refractivity contribution in [3.63, 3.8) is 0 Å². The van der Waals surface area contributed by atoms with Gasteiger partial charge in [0.15, 0.2) is 0 Å². The second kappa shape index (κ2) is 6.31. The van der Waals surface area contributed by atoms with E-state index in [1.54, 1.807) is 0 Å². The third-order valence-electron chi connectivity index (χ3n) is 5.56. The highest BCUT2D eigenvalue weighted by Gasteiger charge is 2.29. The minimum Gasteiger partial charge on any atom is -0.299 e. The van der Waals surface area contributed by atoms with Crippen LogP contribution in [0.1, 0.15) is 61.6 Å². The van der Waals surface area contributed by atoms with Gasteiger partial charge in [-0.05, 0) is 52.5 Å². The normalized spacial score (nSPS) is 21.3. The Morgan fingerprint density at radius 3 is 2.54 bits per heavy atom. The van der Waals surface area contributed by atoms with Gasteiger partial charge in [0.1, 0.15) is 0 Å². The summed E-state index contributed by atoms with van der Waals surface area (Å²) in [4.78, 5) is 2.59. The van der Waals surface area contributed by atoms with Crippen LogP contribution in [0.2, 0.25) is 0 Å². The van der Waals surface area contributed by atoms with Crippen LogP contribution in [-0.4, -0.2) is 48.8 Å². The van der Waals surface area contributed by atoms with Crippen molar-refractivity contribution in [2.75, 3.05) is 13.1 Å². The lowest BCUT2D eigenvalue weighted by Gasteiger charge is -2.36. The highest BCUT2D eigenvalue weighted by atomic mass is 15.4. The average Bonchev–Trinajstić information content (AvgIpc) is 3.22. The van der Waals surface area contributed by atoms with Crippen molar-refractivity contribution in [1.29, 1.82) is 0 Å². The molecule has 2 aromatic heterocycles. The van der Waals surface area contributed by atoms with E-state index in [1.807, 2.05) is 0 Å². The molecule has 0 spiro atoms. The summed E-state index contributed by atoms with van der Waals surface area (Å²) in [6.45, 7) is 9.75. The van der Waals surface area contributed by atoms with Gasteiger partial charge in [0.25, 0.3) is 0 Å². The van der Waals surface area contributed by atoms with Crippen molar-refractivity contribution in [3.8, 4) is 0 Å². The van der Waals surface area contributed by atoms with Gasteiger partial charge < -0.3 is 0 Å². The monoisotopic (exact) mass is 328 g/mol. The van der Waals surface area contributed by atoms with Gasteiger partial charge >= 0.3 is 0 Å². The lowest BCUT2D eigenvalue weighted by molar-refractivity contribution is 0.125. The van der Waals surface area contributed by atoms with E-state index in [0.29, 0.717) is 18.0 Å². The minimum absolute atomic E-state index is 0.515. The molecule has 6 nitrogen and oxygen atoms in total. The predicted octanol–water partition coefficient (Wildman–Crippen LogP) is 2.69. The summed E-state index contributed by atoms with van der Waals surface area (Å²) in [7, 11) is 0. The summed E-state index contributed by atoms with van der Waals surface area (Å²) in [5, 5.41) is 13.4. The lowest BCUT2D eigenvalue weighted by Crippen LogP contribution is -2.42. The van der Waals surface area contributed by atoms with Crippen molar-refractivity contribution >= 4 is 0 Å². The number of hydrogen-bond donors (Lipinski definition) is 0. The number of aryl methyl sites for hydroxylation is 2. The standard InChI is InChI=1S/C18H28N6/c1-13-10-14(2)23(20-13)11-15(3)22-8-6-17(7-9-22)24-12-18(19-21-24)16-4-5-16/h10,12,15-17H,4-9,11H2,1-3H3. The molecule has 0 radical (unpaired) electrons. The summed E-state index contributed by atoms with van der Waals surface area (Å²) in [6, 6.07) is 3.19. The Morgan fingerprint density at radius 2 is 1.92 bits per heavy atom. The fourth-order valence-corrected chi connectivity index (χ4v) is 3.85. The second-order valence-electron chi connectivity index (χ2n) is 7.62. The Hall–Kier alpha value is -1.69. The number of piperidine rings is 1. The highest BCUT2D eigenvalue weighted by Crippen LogP contribution is 2.39. The van der Waals surface area contributed by atoms with Crippen LogP contribution in [0.25, 0.3) is 0 Å². The molecular weight excluding hydrogens is 300 g/mol. The summed E-state index contributed by atoms with van der Waals surface area (Å²) in [5.74, 6) is 0.694. The van der Waals surface area contributed by atoms with Crippen molar-refractivity contribution < 1.29 is 0 Å². The van der Waals surface area contributed by atoms with Crippen molar-refractivity contribution in [1.82, 2.24) is 29.7 Å². The molecule has 1 aliphatic heterocycles.